The van der Waals surface area contributed by atoms with Crippen LogP contribution in [0.25, 0.3) is 0 Å². The molecule has 0 atom stereocenters. The third kappa shape index (κ3) is 2.31. The Morgan fingerprint density at radius 2 is 1.82 bits per heavy atom. The largest absolute Gasteiger partial charge is 0.353 e. The average molecular weight is 231 g/mol. The van der Waals surface area contributed by atoms with Gasteiger partial charge in [-0.2, -0.15) is 0 Å². The molecule has 0 saturated heterocycles. The van der Waals surface area contributed by atoms with Gasteiger partial charge in [-0.25, -0.2) is 0 Å². The number of nitrogens with zero attached hydrogens (tertiary/aromatic N) is 1. The third-order valence-electron chi connectivity index (χ3n) is 4.31. The van der Waals surface area contributed by atoms with Crippen LogP contribution in [0.15, 0.2) is 12.4 Å². The van der Waals surface area contributed by atoms with Gasteiger partial charge in [-0.05, 0) is 43.6 Å². The normalized spacial score (nSPS) is 21.5. The zero-order valence-electron chi connectivity index (χ0n) is 10.5. The van der Waals surface area contributed by atoms with Crippen molar-refractivity contribution >= 4 is 5.78 Å². The molecule has 0 radical (unpaired) electrons. The highest BCUT2D eigenvalue weighted by atomic mass is 16.1. The molecule has 1 aromatic heterocycles. The Balaban J connectivity index is 1.78. The van der Waals surface area contributed by atoms with Gasteiger partial charge in [-0.1, -0.05) is 12.8 Å². The third-order valence-corrected chi connectivity index (χ3v) is 4.31. The fourth-order valence-corrected chi connectivity index (χ4v) is 3.34. The summed E-state index contributed by atoms with van der Waals surface area (Å²) in [7, 11) is 0. The number of aryl methyl sites for hydroxylation is 1. The van der Waals surface area contributed by atoms with Gasteiger partial charge in [-0.15, -0.1) is 0 Å². The van der Waals surface area contributed by atoms with E-state index in [4.69, 9.17) is 0 Å². The number of carbonyl (C=O) groups excluding carboxylic acids is 1. The Morgan fingerprint density at radius 1 is 1.06 bits per heavy atom. The van der Waals surface area contributed by atoms with Crippen molar-refractivity contribution in [2.75, 3.05) is 0 Å². The smallest absolute Gasteiger partial charge is 0.164 e. The first-order valence-electron chi connectivity index (χ1n) is 7.05. The monoisotopic (exact) mass is 231 g/mol. The van der Waals surface area contributed by atoms with Crippen LogP contribution in [0.1, 0.15) is 60.9 Å². The van der Waals surface area contributed by atoms with Gasteiger partial charge in [0.15, 0.2) is 5.78 Å². The minimum Gasteiger partial charge on any atom is -0.353 e. The van der Waals surface area contributed by atoms with E-state index in [1.165, 1.54) is 37.7 Å². The van der Waals surface area contributed by atoms with Gasteiger partial charge >= 0.3 is 0 Å². The van der Waals surface area contributed by atoms with Crippen molar-refractivity contribution in [2.24, 2.45) is 5.92 Å². The predicted octanol–water partition coefficient (Wildman–Crippen LogP) is 3.59. The van der Waals surface area contributed by atoms with E-state index in [9.17, 15) is 4.79 Å². The Morgan fingerprint density at radius 3 is 2.65 bits per heavy atom. The minimum absolute atomic E-state index is 0.364. The van der Waals surface area contributed by atoms with Gasteiger partial charge in [0.1, 0.15) is 0 Å². The van der Waals surface area contributed by atoms with Crippen LogP contribution >= 0.6 is 0 Å². The van der Waals surface area contributed by atoms with Crippen LogP contribution in [0.2, 0.25) is 0 Å². The second-order valence-electron chi connectivity index (χ2n) is 5.67. The zero-order valence-corrected chi connectivity index (χ0v) is 10.5. The first kappa shape index (κ1) is 11.1. The van der Waals surface area contributed by atoms with Gasteiger partial charge in [0.25, 0.3) is 0 Å². The van der Waals surface area contributed by atoms with E-state index in [2.05, 4.69) is 17.0 Å². The first-order valence-corrected chi connectivity index (χ1v) is 7.05. The number of ketones is 1. The number of carbonyl (C=O) groups is 1. The van der Waals surface area contributed by atoms with Crippen LogP contribution < -0.4 is 0 Å². The molecule has 3 rings (SSSR count). The topological polar surface area (TPSA) is 22.0 Å². The number of fused-ring (bicyclic) bond motifs is 1. The van der Waals surface area contributed by atoms with Crippen LogP contribution in [-0.2, 0) is 13.0 Å². The standard InChI is InChI=1S/C15H21NO/c17-15-8-4-3-7-13-10-16(11-14(13)15)9-12-5-1-2-6-12/h10-12H,1-9H2. The summed E-state index contributed by atoms with van der Waals surface area (Å²) in [6.45, 7) is 1.13. The van der Waals surface area contributed by atoms with Crippen molar-refractivity contribution in [2.45, 2.75) is 57.9 Å². The quantitative estimate of drug-likeness (QED) is 0.713. The fraction of sp³-hybridized carbons (Fsp3) is 0.667. The maximum atomic E-state index is 11.9. The number of Topliss-reactive ketones (excluding diaryl/α,β-unsaturated/α-hetero) is 1. The molecule has 0 spiro atoms. The maximum Gasteiger partial charge on any atom is 0.164 e. The number of rotatable bonds is 2. The van der Waals surface area contributed by atoms with E-state index in [1.807, 2.05) is 0 Å². The van der Waals surface area contributed by atoms with Crippen molar-refractivity contribution in [3.05, 3.63) is 23.5 Å². The highest BCUT2D eigenvalue weighted by molar-refractivity contribution is 5.97. The lowest BCUT2D eigenvalue weighted by Crippen LogP contribution is -2.05. The lowest BCUT2D eigenvalue weighted by atomic mass is 10.1. The number of hydrogen-bond donors (Lipinski definition) is 0. The summed E-state index contributed by atoms with van der Waals surface area (Å²) in [5.74, 6) is 1.21. The summed E-state index contributed by atoms with van der Waals surface area (Å²) in [6.07, 6.45) is 14.0. The molecule has 0 aliphatic heterocycles. The maximum absolute atomic E-state index is 11.9. The SMILES string of the molecule is O=C1CCCCc2cn(CC3CCCC3)cc21. The highest BCUT2D eigenvalue weighted by Crippen LogP contribution is 2.28. The second-order valence-corrected chi connectivity index (χ2v) is 5.67. The van der Waals surface area contributed by atoms with E-state index in [0.29, 0.717) is 5.78 Å². The molecule has 2 heteroatoms. The number of aromatic nitrogens is 1. The molecule has 2 nitrogen and oxygen atoms in total. The van der Waals surface area contributed by atoms with Crippen molar-refractivity contribution in [3.63, 3.8) is 0 Å². The van der Waals surface area contributed by atoms with Crippen LogP contribution in [0.4, 0.5) is 0 Å². The molecule has 0 unspecified atom stereocenters. The van der Waals surface area contributed by atoms with Gasteiger partial charge in [-0.3, -0.25) is 4.79 Å². The van der Waals surface area contributed by atoms with Gasteiger partial charge in [0.2, 0.25) is 0 Å². The molecular formula is C15H21NO. The van der Waals surface area contributed by atoms with Gasteiger partial charge in [0, 0.05) is 30.9 Å². The Hall–Kier alpha value is -1.05. The van der Waals surface area contributed by atoms with Crippen molar-refractivity contribution in [1.29, 1.82) is 0 Å². The zero-order chi connectivity index (χ0) is 11.7. The first-order chi connectivity index (χ1) is 8.33. The second kappa shape index (κ2) is 4.67. The predicted molar refractivity (Wildman–Crippen MR) is 68.3 cm³/mol. The molecule has 2 aliphatic carbocycles. The van der Waals surface area contributed by atoms with Crippen LogP contribution in [0.3, 0.4) is 0 Å². The Kier molecular flexibility index (Phi) is 3.04. The van der Waals surface area contributed by atoms with Crippen molar-refractivity contribution < 1.29 is 4.79 Å². The molecule has 0 amide bonds. The van der Waals surface area contributed by atoms with E-state index < -0.39 is 0 Å². The summed E-state index contributed by atoms with van der Waals surface area (Å²) in [6, 6.07) is 0. The molecular weight excluding hydrogens is 210 g/mol. The van der Waals surface area contributed by atoms with E-state index in [0.717, 1.165) is 37.3 Å². The molecule has 2 aliphatic rings. The Labute approximate surface area is 103 Å². The molecule has 1 heterocycles. The highest BCUT2D eigenvalue weighted by Gasteiger charge is 2.20. The van der Waals surface area contributed by atoms with Gasteiger partial charge in [0.05, 0.1) is 0 Å². The lowest BCUT2D eigenvalue weighted by molar-refractivity contribution is 0.0982. The number of hydrogen-bond acceptors (Lipinski definition) is 1. The van der Waals surface area contributed by atoms with Crippen LogP contribution in [0, 0.1) is 5.92 Å². The van der Waals surface area contributed by atoms with Crippen LogP contribution in [-0.4, -0.2) is 10.4 Å². The molecule has 1 aromatic rings. The van der Waals surface area contributed by atoms with Crippen molar-refractivity contribution in [3.8, 4) is 0 Å². The van der Waals surface area contributed by atoms with Gasteiger partial charge < -0.3 is 4.57 Å². The van der Waals surface area contributed by atoms with Crippen LogP contribution in [0.5, 0.6) is 0 Å². The molecule has 0 aromatic carbocycles. The molecule has 1 fully saturated rings. The average Bonchev–Trinajstić information content (AvgIpc) is 2.92. The minimum atomic E-state index is 0.364. The summed E-state index contributed by atoms with van der Waals surface area (Å²) in [5.41, 5.74) is 2.31. The lowest BCUT2D eigenvalue weighted by Gasteiger charge is -2.09. The summed E-state index contributed by atoms with van der Waals surface area (Å²) < 4.78 is 2.28. The molecule has 0 N–H and O–H groups in total. The fourth-order valence-electron chi connectivity index (χ4n) is 3.34. The van der Waals surface area contributed by atoms with E-state index >= 15 is 0 Å². The van der Waals surface area contributed by atoms with Crippen molar-refractivity contribution in [1.82, 2.24) is 4.57 Å². The van der Waals surface area contributed by atoms with E-state index in [1.54, 1.807) is 0 Å². The summed E-state index contributed by atoms with van der Waals surface area (Å²) in [4.78, 5) is 11.9. The van der Waals surface area contributed by atoms with E-state index in [-0.39, 0.29) is 0 Å². The molecule has 0 bridgehead atoms. The Bertz CT molecular complexity index is 413. The molecule has 1 saturated carbocycles. The summed E-state index contributed by atoms with van der Waals surface area (Å²) >= 11 is 0. The molecule has 92 valence electrons. The summed E-state index contributed by atoms with van der Waals surface area (Å²) in [5, 5.41) is 0. The molecule has 17 heavy (non-hydrogen) atoms.